The van der Waals surface area contributed by atoms with Gasteiger partial charge in [0.05, 0.1) is 13.2 Å². The Morgan fingerprint density at radius 3 is 2.47 bits per heavy atom. The van der Waals surface area contributed by atoms with Crippen molar-refractivity contribution in [2.45, 2.75) is 6.54 Å². The van der Waals surface area contributed by atoms with E-state index in [1.807, 2.05) is 0 Å². The molecular formula is C9H15N3O3. The lowest BCUT2D eigenvalue weighted by atomic mass is 10.4. The first-order valence-electron chi connectivity index (χ1n) is 4.75. The third kappa shape index (κ3) is 3.69. The van der Waals surface area contributed by atoms with Crippen LogP contribution in [-0.2, 0) is 11.3 Å². The van der Waals surface area contributed by atoms with Crippen molar-refractivity contribution in [3.63, 3.8) is 0 Å². The van der Waals surface area contributed by atoms with Gasteiger partial charge in [0.2, 0.25) is 5.91 Å². The van der Waals surface area contributed by atoms with Gasteiger partial charge < -0.3 is 15.1 Å². The highest BCUT2D eigenvalue weighted by atomic mass is 16.3. The summed E-state index contributed by atoms with van der Waals surface area (Å²) in [5.74, 6) is -0.165. The SMILES string of the molecule is O=C(Cn1cccn1)N(CCO)CCO. The minimum absolute atomic E-state index is 0.106. The average molecular weight is 213 g/mol. The molecule has 0 bridgehead atoms. The first-order chi connectivity index (χ1) is 7.27. The predicted molar refractivity (Wildman–Crippen MR) is 53.0 cm³/mol. The molecule has 1 aromatic heterocycles. The largest absolute Gasteiger partial charge is 0.395 e. The number of carbonyl (C=O) groups excluding carboxylic acids is 1. The molecule has 2 N–H and O–H groups in total. The quantitative estimate of drug-likeness (QED) is 0.615. The van der Waals surface area contributed by atoms with E-state index in [0.29, 0.717) is 0 Å². The molecule has 15 heavy (non-hydrogen) atoms. The topological polar surface area (TPSA) is 78.6 Å². The molecule has 1 aromatic rings. The monoisotopic (exact) mass is 213 g/mol. The van der Waals surface area contributed by atoms with Gasteiger partial charge in [0.1, 0.15) is 6.54 Å². The fourth-order valence-electron chi connectivity index (χ4n) is 1.24. The molecule has 0 aliphatic heterocycles. The van der Waals surface area contributed by atoms with Gasteiger partial charge in [-0.2, -0.15) is 5.10 Å². The van der Waals surface area contributed by atoms with Crippen LogP contribution < -0.4 is 0 Å². The summed E-state index contributed by atoms with van der Waals surface area (Å²) in [6.45, 7) is 0.393. The van der Waals surface area contributed by atoms with Crippen molar-refractivity contribution >= 4 is 5.91 Å². The summed E-state index contributed by atoms with van der Waals surface area (Å²) in [5, 5.41) is 21.4. The number of aromatic nitrogens is 2. The Labute approximate surface area is 87.7 Å². The van der Waals surface area contributed by atoms with Crippen LogP contribution in [0.3, 0.4) is 0 Å². The first-order valence-corrected chi connectivity index (χ1v) is 4.75. The second-order valence-corrected chi connectivity index (χ2v) is 3.03. The molecular weight excluding hydrogens is 198 g/mol. The molecule has 0 aliphatic carbocycles. The molecule has 0 saturated carbocycles. The highest BCUT2D eigenvalue weighted by molar-refractivity contribution is 5.75. The zero-order valence-corrected chi connectivity index (χ0v) is 8.41. The second-order valence-electron chi connectivity index (χ2n) is 3.03. The van der Waals surface area contributed by atoms with Crippen LogP contribution in [0.1, 0.15) is 0 Å². The minimum Gasteiger partial charge on any atom is -0.395 e. The van der Waals surface area contributed by atoms with Gasteiger partial charge >= 0.3 is 0 Å². The summed E-state index contributed by atoms with van der Waals surface area (Å²) in [6, 6.07) is 1.73. The summed E-state index contributed by atoms with van der Waals surface area (Å²) in [7, 11) is 0. The first kappa shape index (κ1) is 11.7. The van der Waals surface area contributed by atoms with Gasteiger partial charge in [-0.25, -0.2) is 0 Å². The fraction of sp³-hybridized carbons (Fsp3) is 0.556. The molecule has 84 valence electrons. The van der Waals surface area contributed by atoms with Crippen LogP contribution in [0, 0.1) is 0 Å². The molecule has 6 heteroatoms. The maximum Gasteiger partial charge on any atom is 0.244 e. The summed E-state index contributed by atoms with van der Waals surface area (Å²) in [5.41, 5.74) is 0. The Hall–Kier alpha value is -1.40. The van der Waals surface area contributed by atoms with E-state index in [9.17, 15) is 4.79 Å². The third-order valence-corrected chi connectivity index (χ3v) is 1.95. The average Bonchev–Trinajstić information content (AvgIpc) is 2.70. The van der Waals surface area contributed by atoms with Gasteiger partial charge in [-0.05, 0) is 6.07 Å². The highest BCUT2D eigenvalue weighted by Crippen LogP contribution is 1.93. The van der Waals surface area contributed by atoms with Crippen LogP contribution in [-0.4, -0.2) is 57.1 Å². The van der Waals surface area contributed by atoms with Gasteiger partial charge in [-0.3, -0.25) is 9.48 Å². The van der Waals surface area contributed by atoms with Crippen molar-refractivity contribution < 1.29 is 15.0 Å². The van der Waals surface area contributed by atoms with Crippen molar-refractivity contribution in [3.05, 3.63) is 18.5 Å². The molecule has 0 saturated heterocycles. The number of amides is 1. The Morgan fingerprint density at radius 1 is 1.33 bits per heavy atom. The number of hydrogen-bond acceptors (Lipinski definition) is 4. The van der Waals surface area contributed by atoms with E-state index < -0.39 is 0 Å². The molecule has 0 spiro atoms. The lowest BCUT2D eigenvalue weighted by molar-refractivity contribution is -0.133. The van der Waals surface area contributed by atoms with Gasteiger partial charge in [0.25, 0.3) is 0 Å². The highest BCUT2D eigenvalue weighted by Gasteiger charge is 2.12. The van der Waals surface area contributed by atoms with E-state index in [1.165, 1.54) is 9.58 Å². The number of carbonyl (C=O) groups is 1. The van der Waals surface area contributed by atoms with Gasteiger partial charge in [0.15, 0.2) is 0 Å². The zero-order chi connectivity index (χ0) is 11.1. The van der Waals surface area contributed by atoms with Crippen molar-refractivity contribution in [2.75, 3.05) is 26.3 Å². The van der Waals surface area contributed by atoms with E-state index in [-0.39, 0.29) is 38.8 Å². The minimum atomic E-state index is -0.165. The van der Waals surface area contributed by atoms with E-state index in [1.54, 1.807) is 18.5 Å². The lowest BCUT2D eigenvalue weighted by Gasteiger charge is -2.20. The van der Waals surface area contributed by atoms with Gasteiger partial charge in [-0.15, -0.1) is 0 Å². The van der Waals surface area contributed by atoms with Gasteiger partial charge in [-0.1, -0.05) is 0 Å². The molecule has 1 amide bonds. The summed E-state index contributed by atoms with van der Waals surface area (Å²) >= 11 is 0. The molecule has 0 aliphatic rings. The normalized spacial score (nSPS) is 10.3. The van der Waals surface area contributed by atoms with Crippen LogP contribution in [0.15, 0.2) is 18.5 Å². The molecule has 0 radical (unpaired) electrons. The summed E-state index contributed by atoms with van der Waals surface area (Å²) in [4.78, 5) is 13.0. The number of nitrogens with zero attached hydrogens (tertiary/aromatic N) is 3. The molecule has 1 rings (SSSR count). The third-order valence-electron chi connectivity index (χ3n) is 1.95. The van der Waals surface area contributed by atoms with Crippen LogP contribution in [0.4, 0.5) is 0 Å². The molecule has 0 unspecified atom stereocenters. The maximum atomic E-state index is 11.6. The van der Waals surface area contributed by atoms with E-state index in [4.69, 9.17) is 10.2 Å². The summed E-state index contributed by atoms with van der Waals surface area (Å²) in [6.07, 6.45) is 3.28. The second kappa shape index (κ2) is 6.15. The molecule has 0 fully saturated rings. The van der Waals surface area contributed by atoms with Gasteiger partial charge in [0, 0.05) is 25.5 Å². The standard InChI is InChI=1S/C9H15N3O3/c13-6-4-11(5-7-14)9(15)8-12-3-1-2-10-12/h1-3,13-14H,4-8H2. The van der Waals surface area contributed by atoms with E-state index in [2.05, 4.69) is 5.10 Å². The number of rotatable bonds is 6. The van der Waals surface area contributed by atoms with Crippen molar-refractivity contribution in [1.29, 1.82) is 0 Å². The molecule has 0 aromatic carbocycles. The smallest absolute Gasteiger partial charge is 0.244 e. The molecule has 6 nitrogen and oxygen atoms in total. The predicted octanol–water partition coefficient (Wildman–Crippen LogP) is -1.30. The Morgan fingerprint density at radius 2 is 2.00 bits per heavy atom. The van der Waals surface area contributed by atoms with Crippen molar-refractivity contribution in [3.8, 4) is 0 Å². The maximum absolute atomic E-state index is 11.6. The molecule has 1 heterocycles. The van der Waals surface area contributed by atoms with Crippen LogP contribution in [0.2, 0.25) is 0 Å². The molecule has 0 atom stereocenters. The summed E-state index contributed by atoms with van der Waals surface area (Å²) < 4.78 is 1.50. The number of aliphatic hydroxyl groups is 2. The Kier molecular flexibility index (Phi) is 4.79. The van der Waals surface area contributed by atoms with E-state index in [0.717, 1.165) is 0 Å². The van der Waals surface area contributed by atoms with Crippen LogP contribution >= 0.6 is 0 Å². The Bertz CT molecular complexity index is 281. The van der Waals surface area contributed by atoms with Crippen LogP contribution in [0.25, 0.3) is 0 Å². The number of hydrogen-bond donors (Lipinski definition) is 2. The number of aliphatic hydroxyl groups excluding tert-OH is 2. The Balaban J connectivity index is 2.48. The zero-order valence-electron chi connectivity index (χ0n) is 8.41. The van der Waals surface area contributed by atoms with Crippen LogP contribution in [0.5, 0.6) is 0 Å². The van der Waals surface area contributed by atoms with Crippen molar-refractivity contribution in [1.82, 2.24) is 14.7 Å². The van der Waals surface area contributed by atoms with E-state index >= 15 is 0 Å². The lowest BCUT2D eigenvalue weighted by Crippen LogP contribution is -2.38. The fourth-order valence-corrected chi connectivity index (χ4v) is 1.24. The van der Waals surface area contributed by atoms with Crippen molar-refractivity contribution in [2.24, 2.45) is 0 Å².